The minimum absolute atomic E-state index is 0.338. The fourth-order valence-corrected chi connectivity index (χ4v) is 4.37. The number of thiophene rings is 1. The number of esters is 1. The molecule has 0 atom stereocenters. The maximum Gasteiger partial charge on any atom is 0.337 e. The van der Waals surface area contributed by atoms with Gasteiger partial charge in [-0.3, -0.25) is 4.79 Å². The first kappa shape index (κ1) is 19.9. The second-order valence-corrected chi connectivity index (χ2v) is 8.40. The summed E-state index contributed by atoms with van der Waals surface area (Å²) in [5, 5.41) is 8.15. The summed E-state index contributed by atoms with van der Waals surface area (Å²) < 4.78 is 5.69. The van der Waals surface area contributed by atoms with Crippen molar-refractivity contribution in [3.8, 4) is 0 Å². The highest BCUT2D eigenvalue weighted by Gasteiger charge is 2.21. The average molecular weight is 436 g/mol. The lowest BCUT2D eigenvalue weighted by molar-refractivity contribution is 0.0600. The van der Waals surface area contributed by atoms with E-state index < -0.39 is 5.97 Å². The van der Waals surface area contributed by atoms with Crippen LogP contribution in [0.5, 0.6) is 0 Å². The molecule has 0 fully saturated rings. The predicted octanol–water partition coefficient (Wildman–Crippen LogP) is 5.13. The Labute approximate surface area is 181 Å². The van der Waals surface area contributed by atoms with Gasteiger partial charge in [0.05, 0.1) is 29.1 Å². The summed E-state index contributed by atoms with van der Waals surface area (Å²) in [6.45, 7) is 2.01. The first-order valence-electron chi connectivity index (χ1n) is 9.02. The number of carbonyl (C=O) groups is 2. The number of ether oxygens (including phenoxy) is 1. The Morgan fingerprint density at radius 1 is 1.10 bits per heavy atom. The molecular formula is C22H17N3O3S2. The molecule has 2 aromatic heterocycles. The predicted molar refractivity (Wildman–Crippen MR) is 121 cm³/mol. The second-order valence-electron chi connectivity index (χ2n) is 6.41. The van der Waals surface area contributed by atoms with Gasteiger partial charge >= 0.3 is 5.97 Å². The van der Waals surface area contributed by atoms with Crippen LogP contribution in [0.25, 0.3) is 10.2 Å². The minimum atomic E-state index is -0.455. The van der Waals surface area contributed by atoms with E-state index >= 15 is 0 Å². The molecule has 6 nitrogen and oxygen atoms in total. The van der Waals surface area contributed by atoms with Gasteiger partial charge < -0.3 is 4.74 Å². The van der Waals surface area contributed by atoms with Crippen molar-refractivity contribution in [1.82, 2.24) is 4.98 Å². The van der Waals surface area contributed by atoms with E-state index in [0.29, 0.717) is 16.3 Å². The molecule has 8 heteroatoms. The van der Waals surface area contributed by atoms with Crippen molar-refractivity contribution in [1.29, 1.82) is 0 Å². The number of rotatable bonds is 5. The molecule has 1 amide bonds. The number of hydrogen-bond donors (Lipinski definition) is 0. The van der Waals surface area contributed by atoms with Crippen LogP contribution in [-0.4, -0.2) is 30.2 Å². The molecule has 0 aliphatic heterocycles. The third kappa shape index (κ3) is 4.14. The molecule has 2 heterocycles. The highest BCUT2D eigenvalue weighted by Crippen LogP contribution is 2.31. The number of thiazole rings is 1. The summed E-state index contributed by atoms with van der Waals surface area (Å²) in [6.07, 6.45) is 1.64. The normalized spacial score (nSPS) is 11.1. The summed E-state index contributed by atoms with van der Waals surface area (Å²) >= 11 is 2.93. The summed E-state index contributed by atoms with van der Waals surface area (Å²) in [4.78, 5) is 30.4. The number of amides is 1. The largest absolute Gasteiger partial charge is 0.465 e. The molecule has 30 heavy (non-hydrogen) atoms. The molecule has 150 valence electrons. The number of nitrogens with zero attached hydrogens (tertiary/aromatic N) is 3. The van der Waals surface area contributed by atoms with Gasteiger partial charge in [0.2, 0.25) is 5.13 Å². The molecule has 4 rings (SSSR count). The fourth-order valence-electron chi connectivity index (χ4n) is 2.77. The van der Waals surface area contributed by atoms with Gasteiger partial charge in [-0.15, -0.1) is 11.3 Å². The van der Waals surface area contributed by atoms with Crippen molar-refractivity contribution in [3.63, 3.8) is 0 Å². The molecule has 2 aromatic carbocycles. The fraction of sp³-hybridized carbons (Fsp3) is 0.0909. The van der Waals surface area contributed by atoms with Crippen LogP contribution in [0.1, 0.15) is 31.2 Å². The van der Waals surface area contributed by atoms with Crippen molar-refractivity contribution in [2.75, 3.05) is 12.1 Å². The van der Waals surface area contributed by atoms with Crippen LogP contribution in [-0.2, 0) is 4.74 Å². The Kier molecular flexibility index (Phi) is 5.69. The van der Waals surface area contributed by atoms with Crippen molar-refractivity contribution in [2.45, 2.75) is 6.92 Å². The Morgan fingerprint density at radius 3 is 2.57 bits per heavy atom. The number of hydrogen-bond acceptors (Lipinski definition) is 7. The van der Waals surface area contributed by atoms with E-state index in [1.807, 2.05) is 42.6 Å². The lowest BCUT2D eigenvalue weighted by Gasteiger charge is -2.13. The van der Waals surface area contributed by atoms with Crippen molar-refractivity contribution >= 4 is 56.1 Å². The van der Waals surface area contributed by atoms with E-state index in [-0.39, 0.29) is 5.91 Å². The Balaban J connectivity index is 1.72. The number of fused-ring (bicyclic) bond motifs is 1. The number of hydrazone groups is 1. The van der Waals surface area contributed by atoms with Crippen LogP contribution in [0.3, 0.4) is 0 Å². The molecule has 0 spiro atoms. The highest BCUT2D eigenvalue weighted by molar-refractivity contribution is 7.22. The first-order chi connectivity index (χ1) is 14.5. The van der Waals surface area contributed by atoms with Gasteiger partial charge in [-0.05, 0) is 60.3 Å². The van der Waals surface area contributed by atoms with Crippen LogP contribution in [0.2, 0.25) is 0 Å². The molecule has 0 N–H and O–H groups in total. The summed E-state index contributed by atoms with van der Waals surface area (Å²) in [5.74, 6) is -0.793. The molecule has 0 saturated heterocycles. The number of methoxy groups -OCH3 is 1. The van der Waals surface area contributed by atoms with Crippen LogP contribution >= 0.6 is 22.7 Å². The van der Waals surface area contributed by atoms with E-state index in [0.717, 1.165) is 20.7 Å². The van der Waals surface area contributed by atoms with Gasteiger partial charge in [-0.1, -0.05) is 23.5 Å². The summed E-state index contributed by atoms with van der Waals surface area (Å²) in [7, 11) is 1.32. The smallest absolute Gasteiger partial charge is 0.337 e. The molecule has 0 bridgehead atoms. The van der Waals surface area contributed by atoms with E-state index in [1.165, 1.54) is 34.8 Å². The summed E-state index contributed by atoms with van der Waals surface area (Å²) in [5.41, 5.74) is 2.70. The second kappa shape index (κ2) is 8.56. The van der Waals surface area contributed by atoms with Crippen LogP contribution < -0.4 is 5.01 Å². The van der Waals surface area contributed by atoms with Gasteiger partial charge in [0.25, 0.3) is 5.91 Å². The lowest BCUT2D eigenvalue weighted by atomic mass is 10.1. The standard InChI is InChI=1S/C22H17N3O3S2/c1-14-5-10-18-19(12-14)30-22(24-18)25(23-13-17-4-3-11-29-17)20(26)15-6-8-16(9-7-15)21(27)28-2/h3-13H,1-2H3/b23-13+. The van der Waals surface area contributed by atoms with Gasteiger partial charge in [0.15, 0.2) is 0 Å². The van der Waals surface area contributed by atoms with E-state index in [2.05, 4.69) is 10.1 Å². The number of aromatic nitrogens is 1. The Bertz CT molecular complexity index is 1230. The van der Waals surface area contributed by atoms with Crippen LogP contribution in [0.15, 0.2) is 65.1 Å². The van der Waals surface area contributed by atoms with Gasteiger partial charge in [-0.25, -0.2) is 9.78 Å². The van der Waals surface area contributed by atoms with Crippen LogP contribution in [0.4, 0.5) is 5.13 Å². The topological polar surface area (TPSA) is 71.9 Å². The Morgan fingerprint density at radius 2 is 1.87 bits per heavy atom. The zero-order valence-electron chi connectivity index (χ0n) is 16.2. The molecule has 0 unspecified atom stereocenters. The highest BCUT2D eigenvalue weighted by atomic mass is 32.1. The SMILES string of the molecule is COC(=O)c1ccc(C(=O)N(/N=C/c2cccs2)c2nc3ccc(C)cc3s2)cc1. The maximum atomic E-state index is 13.3. The molecule has 0 aliphatic carbocycles. The van der Waals surface area contributed by atoms with Gasteiger partial charge in [0.1, 0.15) is 0 Å². The molecule has 0 saturated carbocycles. The van der Waals surface area contributed by atoms with Crippen LogP contribution in [0, 0.1) is 6.92 Å². The molecule has 0 aliphatic rings. The number of benzene rings is 2. The van der Waals surface area contributed by atoms with Crippen molar-refractivity contribution in [3.05, 3.63) is 81.5 Å². The molecular weight excluding hydrogens is 418 g/mol. The zero-order valence-corrected chi connectivity index (χ0v) is 17.9. The minimum Gasteiger partial charge on any atom is -0.465 e. The number of anilines is 1. The van der Waals surface area contributed by atoms with Gasteiger partial charge in [-0.2, -0.15) is 10.1 Å². The molecule has 0 radical (unpaired) electrons. The zero-order chi connectivity index (χ0) is 21.1. The Hall–Kier alpha value is -3.36. The van der Waals surface area contributed by atoms with E-state index in [1.54, 1.807) is 30.5 Å². The third-order valence-corrected chi connectivity index (χ3v) is 6.10. The van der Waals surface area contributed by atoms with E-state index in [4.69, 9.17) is 4.74 Å². The maximum absolute atomic E-state index is 13.3. The average Bonchev–Trinajstić information content (AvgIpc) is 3.43. The van der Waals surface area contributed by atoms with Gasteiger partial charge in [0, 0.05) is 10.4 Å². The van der Waals surface area contributed by atoms with E-state index in [9.17, 15) is 9.59 Å². The van der Waals surface area contributed by atoms with Crippen molar-refractivity contribution in [2.24, 2.45) is 5.10 Å². The first-order valence-corrected chi connectivity index (χ1v) is 10.7. The quantitative estimate of drug-likeness (QED) is 0.247. The number of aryl methyl sites for hydroxylation is 1. The number of carbonyl (C=O) groups excluding carboxylic acids is 2. The third-order valence-electron chi connectivity index (χ3n) is 4.30. The van der Waals surface area contributed by atoms with Crippen molar-refractivity contribution < 1.29 is 14.3 Å². The molecule has 4 aromatic rings. The summed E-state index contributed by atoms with van der Waals surface area (Å²) in [6, 6.07) is 16.1. The monoisotopic (exact) mass is 435 g/mol. The lowest BCUT2D eigenvalue weighted by Crippen LogP contribution is -2.25.